The van der Waals surface area contributed by atoms with E-state index in [9.17, 15) is 19.5 Å². The Labute approximate surface area is 295 Å². The van der Waals surface area contributed by atoms with Gasteiger partial charge in [-0.2, -0.15) is 0 Å². The molecule has 49 heavy (non-hydrogen) atoms. The van der Waals surface area contributed by atoms with Crippen molar-refractivity contribution in [3.05, 3.63) is 80.2 Å². The summed E-state index contributed by atoms with van der Waals surface area (Å²) in [4.78, 5) is 45.2. The summed E-state index contributed by atoms with van der Waals surface area (Å²) in [6.07, 6.45) is 3.16. The number of nitrogens with one attached hydrogen (secondary N) is 4. The molecular weight excluding hydrogens is 662 g/mol. The number of carbonyl (C=O) groups excluding carboxylic acids is 2. The quantitative estimate of drug-likeness (QED) is 0.0572. The minimum absolute atomic E-state index is 0.000762. The molecule has 7 N–H and O–H groups in total. The third-order valence-electron chi connectivity index (χ3n) is 7.92. The number of nitrogens with zero attached hydrogens (tertiary/aromatic N) is 2. The van der Waals surface area contributed by atoms with Gasteiger partial charge in [0.25, 0.3) is 0 Å². The lowest BCUT2D eigenvalue weighted by Crippen LogP contribution is -2.42. The van der Waals surface area contributed by atoms with E-state index in [1.165, 1.54) is 22.3 Å². The molecule has 1 aliphatic heterocycles. The van der Waals surface area contributed by atoms with Crippen LogP contribution in [0.5, 0.6) is 0 Å². The van der Waals surface area contributed by atoms with E-state index in [2.05, 4.69) is 22.5 Å². The highest BCUT2D eigenvalue weighted by atomic mass is 35.5. The standard InChI is InChI=1S/C36H40ClN7O4S/c1-21-22(2)49-35-32(21)33(25-10-13-26(37)14-11-25)43-29(34(40)44(35)23(3)39)20-31(46)41-18-16-30(45)42-27-15-12-24(28(19-27)36(47)48)9-7-5-4-6-8-17-38/h10-15,19,29,39-40H,4-6,8,16-18,20,38H2,1-3H3,(H,41,46)(H,42,45)(H,47,48)/t29-/m0/s1. The number of nitrogens with two attached hydrogens (primary N) is 1. The number of carboxylic acids is 1. The number of rotatable bonds is 12. The molecule has 2 amide bonds. The van der Waals surface area contributed by atoms with Gasteiger partial charge in [-0.15, -0.1) is 11.3 Å². The fourth-order valence-corrected chi connectivity index (χ4v) is 6.62. The Balaban J connectivity index is 1.42. The van der Waals surface area contributed by atoms with Crippen molar-refractivity contribution in [2.45, 2.75) is 65.3 Å². The summed E-state index contributed by atoms with van der Waals surface area (Å²) in [6.45, 7) is 6.20. The molecular formula is C36H40ClN7O4S. The highest BCUT2D eigenvalue weighted by molar-refractivity contribution is 7.17. The summed E-state index contributed by atoms with van der Waals surface area (Å²) in [6, 6.07) is 10.8. The van der Waals surface area contributed by atoms with Crippen LogP contribution in [-0.2, 0) is 9.59 Å². The van der Waals surface area contributed by atoms with Crippen LogP contribution in [0.25, 0.3) is 0 Å². The van der Waals surface area contributed by atoms with Gasteiger partial charge in [0.05, 0.1) is 17.7 Å². The Bertz CT molecular complexity index is 1860. The molecule has 13 heteroatoms. The molecule has 0 radical (unpaired) electrons. The number of carbonyl (C=O) groups is 3. The number of carboxylic acid groups (broad SMARTS) is 1. The van der Waals surface area contributed by atoms with Crippen molar-refractivity contribution in [1.29, 1.82) is 10.8 Å². The topological polar surface area (TPSA) is 185 Å². The molecule has 0 saturated carbocycles. The number of hydrogen-bond donors (Lipinski definition) is 6. The zero-order valence-electron chi connectivity index (χ0n) is 27.7. The van der Waals surface area contributed by atoms with Gasteiger partial charge in [0.15, 0.2) is 0 Å². The molecule has 0 unspecified atom stereocenters. The number of benzene rings is 2. The highest BCUT2D eigenvalue weighted by Gasteiger charge is 2.34. The van der Waals surface area contributed by atoms with E-state index in [1.807, 2.05) is 26.0 Å². The number of aliphatic imine (C=N–C) groups is 1. The van der Waals surface area contributed by atoms with Gasteiger partial charge in [-0.3, -0.25) is 30.3 Å². The van der Waals surface area contributed by atoms with Crippen LogP contribution in [0.1, 0.15) is 82.9 Å². The number of thiophene rings is 1. The van der Waals surface area contributed by atoms with Crippen molar-refractivity contribution in [2.75, 3.05) is 23.3 Å². The summed E-state index contributed by atoms with van der Waals surface area (Å²) >= 11 is 7.63. The SMILES string of the molecule is CC(=N)N1C(=N)[C@H](CC(=O)NCCC(=O)Nc2ccc(C#CCCCCCN)c(C(=O)O)c2)N=C(c2ccc(Cl)cc2)c2c1sc(C)c2C. The number of fused-ring (bicyclic) bond motifs is 1. The number of halogens is 1. The summed E-state index contributed by atoms with van der Waals surface area (Å²) in [5, 5.41) is 33.9. The molecule has 4 rings (SSSR count). The number of aromatic carboxylic acids is 1. The van der Waals surface area contributed by atoms with Crippen LogP contribution in [0, 0.1) is 36.5 Å². The van der Waals surface area contributed by atoms with E-state index in [4.69, 9.17) is 33.1 Å². The monoisotopic (exact) mass is 701 g/mol. The first-order valence-electron chi connectivity index (χ1n) is 15.9. The fourth-order valence-electron chi connectivity index (χ4n) is 5.27. The van der Waals surface area contributed by atoms with Crippen molar-refractivity contribution in [2.24, 2.45) is 10.7 Å². The minimum Gasteiger partial charge on any atom is -0.478 e. The van der Waals surface area contributed by atoms with Crippen molar-refractivity contribution >= 4 is 68.8 Å². The first kappa shape index (κ1) is 37.0. The number of amidine groups is 2. The number of anilines is 2. The average molecular weight is 702 g/mol. The third kappa shape index (κ3) is 9.41. The second-order valence-corrected chi connectivity index (χ2v) is 13.2. The van der Waals surface area contributed by atoms with Crippen LogP contribution in [0.2, 0.25) is 5.02 Å². The normalized spacial score (nSPS) is 13.8. The van der Waals surface area contributed by atoms with Gasteiger partial charge in [0, 0.05) is 51.7 Å². The number of aryl methyl sites for hydroxylation is 1. The van der Waals surface area contributed by atoms with Crippen LogP contribution < -0.4 is 21.3 Å². The predicted molar refractivity (Wildman–Crippen MR) is 197 cm³/mol. The number of unbranched alkanes of at least 4 members (excludes halogenated alkanes) is 3. The fraction of sp³-hybridized carbons (Fsp3) is 0.333. The van der Waals surface area contributed by atoms with Gasteiger partial charge in [-0.25, -0.2) is 4.79 Å². The lowest BCUT2D eigenvalue weighted by atomic mass is 9.99. The molecule has 0 saturated heterocycles. The Morgan fingerprint density at radius 2 is 1.84 bits per heavy atom. The zero-order valence-corrected chi connectivity index (χ0v) is 29.3. The van der Waals surface area contributed by atoms with E-state index >= 15 is 0 Å². The van der Waals surface area contributed by atoms with Crippen molar-refractivity contribution in [3.63, 3.8) is 0 Å². The molecule has 0 aliphatic carbocycles. The highest BCUT2D eigenvalue weighted by Crippen LogP contribution is 2.40. The van der Waals surface area contributed by atoms with Gasteiger partial charge in [-0.05, 0) is 76.1 Å². The lowest BCUT2D eigenvalue weighted by Gasteiger charge is -2.24. The van der Waals surface area contributed by atoms with Crippen LogP contribution in [-0.4, -0.2) is 59.4 Å². The number of amides is 2. The molecule has 0 bridgehead atoms. The molecule has 0 fully saturated rings. The maximum absolute atomic E-state index is 13.1. The number of hydrogen-bond acceptors (Lipinski definition) is 8. The zero-order chi connectivity index (χ0) is 35.7. The van der Waals surface area contributed by atoms with Crippen LogP contribution in [0.4, 0.5) is 10.7 Å². The Kier molecular flexibility index (Phi) is 12.8. The van der Waals surface area contributed by atoms with Gasteiger partial charge >= 0.3 is 5.97 Å². The van der Waals surface area contributed by atoms with E-state index < -0.39 is 23.8 Å². The van der Waals surface area contributed by atoms with Gasteiger partial charge in [0.1, 0.15) is 22.7 Å². The Hall–Kier alpha value is -4.83. The van der Waals surface area contributed by atoms with Crippen molar-refractivity contribution < 1.29 is 19.5 Å². The first-order chi connectivity index (χ1) is 23.4. The lowest BCUT2D eigenvalue weighted by molar-refractivity contribution is -0.121. The molecule has 256 valence electrons. The van der Waals surface area contributed by atoms with E-state index in [-0.39, 0.29) is 36.6 Å². The largest absolute Gasteiger partial charge is 0.478 e. The Morgan fingerprint density at radius 3 is 2.51 bits per heavy atom. The van der Waals surface area contributed by atoms with Crippen LogP contribution in [0.15, 0.2) is 47.5 Å². The second kappa shape index (κ2) is 17.0. The second-order valence-electron chi connectivity index (χ2n) is 11.6. The molecule has 1 aliphatic rings. The summed E-state index contributed by atoms with van der Waals surface area (Å²) in [5.41, 5.74) is 9.33. The third-order valence-corrected chi connectivity index (χ3v) is 9.36. The molecule has 1 atom stereocenters. The van der Waals surface area contributed by atoms with E-state index in [1.54, 1.807) is 31.2 Å². The van der Waals surface area contributed by atoms with Gasteiger partial charge < -0.3 is 21.5 Å². The summed E-state index contributed by atoms with van der Waals surface area (Å²) in [7, 11) is 0. The summed E-state index contributed by atoms with van der Waals surface area (Å²) < 4.78 is 0. The molecule has 0 spiro atoms. The molecule has 1 aromatic heterocycles. The van der Waals surface area contributed by atoms with Crippen LogP contribution in [0.3, 0.4) is 0 Å². The summed E-state index contributed by atoms with van der Waals surface area (Å²) in [5.74, 6) is 4.05. The van der Waals surface area contributed by atoms with Crippen molar-refractivity contribution in [3.8, 4) is 11.8 Å². The smallest absolute Gasteiger partial charge is 0.337 e. The maximum atomic E-state index is 13.1. The first-order valence-corrected chi connectivity index (χ1v) is 17.1. The average Bonchev–Trinajstić information content (AvgIpc) is 3.27. The van der Waals surface area contributed by atoms with Crippen LogP contribution >= 0.6 is 22.9 Å². The molecule has 3 aromatic rings. The molecule has 11 nitrogen and oxygen atoms in total. The van der Waals surface area contributed by atoms with Gasteiger partial charge in [-0.1, -0.05) is 42.0 Å². The molecule has 2 heterocycles. The van der Waals surface area contributed by atoms with E-state index in [0.717, 1.165) is 40.8 Å². The minimum atomic E-state index is -1.15. The van der Waals surface area contributed by atoms with Crippen molar-refractivity contribution in [1.82, 2.24) is 5.32 Å². The molecule has 2 aromatic carbocycles. The predicted octanol–water partition coefficient (Wildman–Crippen LogP) is 6.12. The Morgan fingerprint density at radius 1 is 1.10 bits per heavy atom. The van der Waals surface area contributed by atoms with Gasteiger partial charge in [0.2, 0.25) is 11.8 Å². The van der Waals surface area contributed by atoms with E-state index in [0.29, 0.717) is 40.0 Å². The maximum Gasteiger partial charge on any atom is 0.337 e.